The first-order chi connectivity index (χ1) is 13.6. The number of rotatable bonds is 5. The summed E-state index contributed by atoms with van der Waals surface area (Å²) in [5.41, 5.74) is 2.28. The number of halogens is 2. The van der Waals surface area contributed by atoms with Gasteiger partial charge < -0.3 is 10.1 Å². The van der Waals surface area contributed by atoms with Gasteiger partial charge in [0.15, 0.2) is 0 Å². The lowest BCUT2D eigenvalue weighted by Crippen LogP contribution is -2.38. The molecule has 1 aliphatic heterocycles. The number of fused-ring (bicyclic) bond motifs is 1. The molecule has 0 unspecified atom stereocenters. The maximum absolute atomic E-state index is 13.1. The molecule has 0 bridgehead atoms. The average Bonchev–Trinajstić information content (AvgIpc) is 3.11. The molecule has 0 atom stereocenters. The monoisotopic (exact) mass is 403 g/mol. The first-order valence-electron chi connectivity index (χ1n) is 9.00. The number of hydrogen-bond acceptors (Lipinski definition) is 5. The van der Waals surface area contributed by atoms with Gasteiger partial charge in [0, 0.05) is 25.2 Å². The number of carbonyl (C=O) groups is 1. The van der Waals surface area contributed by atoms with Crippen molar-refractivity contribution in [3.05, 3.63) is 52.8 Å². The molecule has 0 saturated carbocycles. The normalized spacial score (nSPS) is 15.1. The Morgan fingerprint density at radius 1 is 1.18 bits per heavy atom. The van der Waals surface area contributed by atoms with Crippen molar-refractivity contribution in [2.24, 2.45) is 0 Å². The minimum Gasteiger partial charge on any atom is -0.379 e. The van der Waals surface area contributed by atoms with Crippen LogP contribution in [-0.4, -0.2) is 58.6 Å². The van der Waals surface area contributed by atoms with Gasteiger partial charge in [-0.1, -0.05) is 16.8 Å². The van der Waals surface area contributed by atoms with Crippen LogP contribution in [0.5, 0.6) is 0 Å². The van der Waals surface area contributed by atoms with E-state index >= 15 is 0 Å². The molecule has 2 heterocycles. The largest absolute Gasteiger partial charge is 0.379 e. The summed E-state index contributed by atoms with van der Waals surface area (Å²) in [4.78, 5) is 14.8. The number of hydrogen-bond donors (Lipinski definition) is 1. The molecule has 1 aliphatic rings. The third-order valence-corrected chi connectivity index (χ3v) is 5.00. The Labute approximate surface area is 166 Å². The van der Waals surface area contributed by atoms with Gasteiger partial charge in [0.05, 0.1) is 36.0 Å². The van der Waals surface area contributed by atoms with Gasteiger partial charge in [-0.15, -0.1) is 5.10 Å². The number of morpholine rings is 1. The summed E-state index contributed by atoms with van der Waals surface area (Å²) in [7, 11) is 0. The molecule has 4 rings (SSSR count). The summed E-state index contributed by atoms with van der Waals surface area (Å²) in [6, 6.07) is 9.04. The van der Waals surface area contributed by atoms with Crippen LogP contribution in [-0.2, 0) is 11.3 Å². The van der Waals surface area contributed by atoms with Gasteiger partial charge in [0.25, 0.3) is 5.91 Å². The fourth-order valence-corrected chi connectivity index (χ4v) is 3.34. The highest BCUT2D eigenvalue weighted by atomic mass is 35.5. The van der Waals surface area contributed by atoms with Crippen LogP contribution in [0.15, 0.2) is 36.4 Å². The van der Waals surface area contributed by atoms with Crippen molar-refractivity contribution in [3.63, 3.8) is 0 Å². The number of anilines is 1. The minimum atomic E-state index is -0.460. The molecule has 1 N–H and O–H groups in total. The molecular weight excluding hydrogens is 385 g/mol. The predicted molar refractivity (Wildman–Crippen MR) is 104 cm³/mol. The Kier molecular flexibility index (Phi) is 5.52. The molecule has 28 heavy (non-hydrogen) atoms. The fraction of sp³-hybridized carbons (Fsp3) is 0.316. The number of benzene rings is 2. The molecule has 1 aromatic heterocycles. The van der Waals surface area contributed by atoms with Gasteiger partial charge >= 0.3 is 0 Å². The summed E-state index contributed by atoms with van der Waals surface area (Å²) >= 11 is 5.97. The van der Waals surface area contributed by atoms with Crippen molar-refractivity contribution in [2.45, 2.75) is 6.54 Å². The average molecular weight is 404 g/mol. The highest BCUT2D eigenvalue weighted by Gasteiger charge is 2.14. The molecule has 1 amide bonds. The second-order valence-electron chi connectivity index (χ2n) is 6.55. The van der Waals surface area contributed by atoms with Crippen LogP contribution in [0.4, 0.5) is 10.1 Å². The highest BCUT2D eigenvalue weighted by molar-refractivity contribution is 6.33. The zero-order valence-corrected chi connectivity index (χ0v) is 15.8. The summed E-state index contributed by atoms with van der Waals surface area (Å²) in [5, 5.41) is 11.2. The Morgan fingerprint density at radius 2 is 2.00 bits per heavy atom. The van der Waals surface area contributed by atoms with E-state index in [9.17, 15) is 9.18 Å². The summed E-state index contributed by atoms with van der Waals surface area (Å²) in [6.07, 6.45) is 0. The van der Waals surface area contributed by atoms with Gasteiger partial charge in [-0.05, 0) is 36.4 Å². The molecule has 0 spiro atoms. The van der Waals surface area contributed by atoms with E-state index in [1.54, 1.807) is 12.1 Å². The fourth-order valence-electron chi connectivity index (χ4n) is 3.12. The lowest BCUT2D eigenvalue weighted by molar-refractivity contribution is 0.0360. The number of nitrogens with zero attached hydrogens (tertiary/aromatic N) is 4. The van der Waals surface area contributed by atoms with Crippen molar-refractivity contribution < 1.29 is 13.9 Å². The molecule has 9 heteroatoms. The lowest BCUT2D eigenvalue weighted by atomic mass is 10.1. The lowest BCUT2D eigenvalue weighted by Gasteiger charge is -2.26. The van der Waals surface area contributed by atoms with Crippen molar-refractivity contribution in [1.82, 2.24) is 19.9 Å². The van der Waals surface area contributed by atoms with E-state index < -0.39 is 5.82 Å². The van der Waals surface area contributed by atoms with Crippen molar-refractivity contribution in [3.8, 4) is 0 Å². The van der Waals surface area contributed by atoms with Crippen molar-refractivity contribution in [1.29, 1.82) is 0 Å². The predicted octanol–water partition coefficient (Wildman–Crippen LogP) is 2.81. The standard InChI is InChI=1S/C19H19ClFN5O2/c20-15-12-14(21)2-3-16(15)22-19(27)13-1-4-18-17(11-13)23-24-26(18)6-5-25-7-9-28-10-8-25/h1-4,11-12H,5-10H2,(H,22,27). The van der Waals surface area contributed by atoms with Crippen LogP contribution >= 0.6 is 11.6 Å². The first kappa shape index (κ1) is 18.8. The number of amides is 1. The Bertz CT molecular complexity index is 1000. The SMILES string of the molecule is O=C(Nc1ccc(F)cc1Cl)c1ccc2c(c1)nnn2CCN1CCOCC1. The van der Waals surface area contributed by atoms with E-state index in [0.29, 0.717) is 23.3 Å². The van der Waals surface area contributed by atoms with Crippen LogP contribution in [0.1, 0.15) is 10.4 Å². The quantitative estimate of drug-likeness (QED) is 0.709. The van der Waals surface area contributed by atoms with E-state index in [2.05, 4.69) is 20.5 Å². The van der Waals surface area contributed by atoms with E-state index in [1.807, 2.05) is 10.7 Å². The molecular formula is C19H19ClFN5O2. The van der Waals surface area contributed by atoms with Gasteiger partial charge in [-0.25, -0.2) is 9.07 Å². The number of carbonyl (C=O) groups excluding carboxylic acids is 1. The molecule has 146 valence electrons. The molecule has 1 saturated heterocycles. The zero-order valence-electron chi connectivity index (χ0n) is 15.1. The molecule has 0 aliphatic carbocycles. The van der Waals surface area contributed by atoms with Gasteiger partial charge in [-0.2, -0.15) is 0 Å². The van der Waals surface area contributed by atoms with Crippen molar-refractivity contribution >= 4 is 34.2 Å². The highest BCUT2D eigenvalue weighted by Crippen LogP contribution is 2.23. The molecule has 3 aromatic rings. The summed E-state index contributed by atoms with van der Waals surface area (Å²) in [5.74, 6) is -0.809. The molecule has 2 aromatic carbocycles. The van der Waals surface area contributed by atoms with Crippen LogP contribution in [0.2, 0.25) is 5.02 Å². The minimum absolute atomic E-state index is 0.142. The number of ether oxygens (including phenoxy) is 1. The van der Waals surface area contributed by atoms with Gasteiger partial charge in [-0.3, -0.25) is 9.69 Å². The Hall–Kier alpha value is -2.55. The van der Waals surface area contributed by atoms with Crippen LogP contribution < -0.4 is 5.32 Å². The summed E-state index contributed by atoms with van der Waals surface area (Å²) in [6.45, 7) is 4.94. The van der Waals surface area contributed by atoms with E-state index in [0.717, 1.165) is 44.4 Å². The maximum atomic E-state index is 13.1. The molecule has 7 nitrogen and oxygen atoms in total. The molecule has 0 radical (unpaired) electrons. The van der Waals surface area contributed by atoms with E-state index in [-0.39, 0.29) is 10.9 Å². The third kappa shape index (κ3) is 4.14. The number of nitrogens with one attached hydrogen (secondary N) is 1. The number of aromatic nitrogens is 3. The second-order valence-corrected chi connectivity index (χ2v) is 6.96. The Balaban J connectivity index is 1.46. The topological polar surface area (TPSA) is 72.3 Å². The zero-order chi connectivity index (χ0) is 19.5. The van der Waals surface area contributed by atoms with Crippen LogP contribution in [0.25, 0.3) is 11.0 Å². The Morgan fingerprint density at radius 3 is 2.79 bits per heavy atom. The van der Waals surface area contributed by atoms with E-state index in [4.69, 9.17) is 16.3 Å². The third-order valence-electron chi connectivity index (χ3n) is 4.69. The van der Waals surface area contributed by atoms with Gasteiger partial charge in [0.1, 0.15) is 11.3 Å². The van der Waals surface area contributed by atoms with Crippen LogP contribution in [0.3, 0.4) is 0 Å². The second kappa shape index (κ2) is 8.22. The molecule has 1 fully saturated rings. The smallest absolute Gasteiger partial charge is 0.255 e. The van der Waals surface area contributed by atoms with Crippen molar-refractivity contribution in [2.75, 3.05) is 38.2 Å². The van der Waals surface area contributed by atoms with Crippen LogP contribution in [0, 0.1) is 5.82 Å². The maximum Gasteiger partial charge on any atom is 0.255 e. The first-order valence-corrected chi connectivity index (χ1v) is 9.38. The van der Waals surface area contributed by atoms with E-state index in [1.165, 1.54) is 12.1 Å². The van der Waals surface area contributed by atoms with Gasteiger partial charge in [0.2, 0.25) is 0 Å². The summed E-state index contributed by atoms with van der Waals surface area (Å²) < 4.78 is 20.3.